The third-order valence-electron chi connectivity index (χ3n) is 1.11. The SMILES string of the molecule is CCCC(/C=N/O)OC. The molecule has 0 spiro atoms. The van der Waals surface area contributed by atoms with Crippen LogP contribution in [0.15, 0.2) is 5.16 Å². The summed E-state index contributed by atoms with van der Waals surface area (Å²) in [5.41, 5.74) is 0. The summed E-state index contributed by atoms with van der Waals surface area (Å²) in [6.07, 6.45) is 3.30. The molecule has 0 aliphatic carbocycles. The molecule has 3 nitrogen and oxygen atoms in total. The third-order valence-corrected chi connectivity index (χ3v) is 1.11. The highest BCUT2D eigenvalue weighted by Crippen LogP contribution is 1.96. The van der Waals surface area contributed by atoms with Crippen LogP contribution >= 0.6 is 0 Å². The van der Waals surface area contributed by atoms with E-state index in [4.69, 9.17) is 9.94 Å². The maximum atomic E-state index is 8.08. The number of hydrogen-bond donors (Lipinski definition) is 1. The third kappa shape index (κ3) is 3.97. The summed E-state index contributed by atoms with van der Waals surface area (Å²) in [5, 5.41) is 11.0. The van der Waals surface area contributed by atoms with Crippen molar-refractivity contribution in [2.45, 2.75) is 25.9 Å². The number of ether oxygens (including phenoxy) is 1. The van der Waals surface area contributed by atoms with Gasteiger partial charge in [-0.05, 0) is 6.42 Å². The molecule has 0 aliphatic rings. The first-order valence-corrected chi connectivity index (χ1v) is 3.05. The molecule has 0 saturated carbocycles. The summed E-state index contributed by atoms with van der Waals surface area (Å²) < 4.78 is 4.92. The summed E-state index contributed by atoms with van der Waals surface area (Å²) in [4.78, 5) is 0. The molecule has 0 fully saturated rings. The van der Waals surface area contributed by atoms with Gasteiger partial charge >= 0.3 is 0 Å². The van der Waals surface area contributed by atoms with E-state index in [1.807, 2.05) is 0 Å². The van der Waals surface area contributed by atoms with E-state index in [1.165, 1.54) is 6.21 Å². The van der Waals surface area contributed by atoms with Crippen LogP contribution in [0.3, 0.4) is 0 Å². The summed E-state index contributed by atoms with van der Waals surface area (Å²) >= 11 is 0. The van der Waals surface area contributed by atoms with Crippen molar-refractivity contribution in [3.63, 3.8) is 0 Å². The fourth-order valence-corrected chi connectivity index (χ4v) is 0.612. The molecule has 0 saturated heterocycles. The van der Waals surface area contributed by atoms with Gasteiger partial charge in [0.25, 0.3) is 0 Å². The monoisotopic (exact) mass is 131 g/mol. The number of hydrogen-bond acceptors (Lipinski definition) is 3. The topological polar surface area (TPSA) is 41.8 Å². The molecule has 3 heteroatoms. The molecule has 0 heterocycles. The van der Waals surface area contributed by atoms with Crippen LogP contribution in [-0.4, -0.2) is 24.6 Å². The number of rotatable bonds is 4. The lowest BCUT2D eigenvalue weighted by Gasteiger charge is -2.05. The van der Waals surface area contributed by atoms with E-state index >= 15 is 0 Å². The van der Waals surface area contributed by atoms with Crippen molar-refractivity contribution < 1.29 is 9.94 Å². The Kier molecular flexibility index (Phi) is 5.21. The quantitative estimate of drug-likeness (QED) is 0.354. The largest absolute Gasteiger partial charge is 0.411 e. The first-order chi connectivity index (χ1) is 4.35. The van der Waals surface area contributed by atoms with Crippen molar-refractivity contribution in [2.24, 2.45) is 5.16 Å². The summed E-state index contributed by atoms with van der Waals surface area (Å²) in [6, 6.07) is 0. The lowest BCUT2D eigenvalue weighted by molar-refractivity contribution is 0.148. The van der Waals surface area contributed by atoms with Gasteiger partial charge in [0.15, 0.2) is 0 Å². The lowest BCUT2D eigenvalue weighted by atomic mass is 10.2. The highest BCUT2D eigenvalue weighted by Gasteiger charge is 1.99. The number of oxime groups is 1. The second-order valence-electron chi connectivity index (χ2n) is 1.83. The zero-order valence-corrected chi connectivity index (χ0v) is 5.87. The molecule has 0 amide bonds. The Morgan fingerprint density at radius 1 is 1.78 bits per heavy atom. The first kappa shape index (κ1) is 8.43. The molecule has 0 radical (unpaired) electrons. The minimum absolute atomic E-state index is 0.0278. The maximum absolute atomic E-state index is 8.08. The molecule has 1 unspecified atom stereocenters. The van der Waals surface area contributed by atoms with Crippen LogP contribution in [0.4, 0.5) is 0 Å². The van der Waals surface area contributed by atoms with Crippen LogP contribution in [-0.2, 0) is 4.74 Å². The highest BCUT2D eigenvalue weighted by atomic mass is 16.5. The molecule has 0 aromatic carbocycles. The minimum Gasteiger partial charge on any atom is -0.411 e. The van der Waals surface area contributed by atoms with Crippen molar-refractivity contribution >= 4 is 6.21 Å². The molecule has 1 N–H and O–H groups in total. The van der Waals surface area contributed by atoms with Crippen molar-refractivity contribution in [2.75, 3.05) is 7.11 Å². The van der Waals surface area contributed by atoms with E-state index in [-0.39, 0.29) is 6.10 Å². The molecule has 1 atom stereocenters. The second-order valence-corrected chi connectivity index (χ2v) is 1.83. The van der Waals surface area contributed by atoms with E-state index in [0.29, 0.717) is 0 Å². The zero-order valence-electron chi connectivity index (χ0n) is 5.87. The van der Waals surface area contributed by atoms with E-state index in [0.717, 1.165) is 12.8 Å². The molecule has 54 valence electrons. The van der Waals surface area contributed by atoms with Gasteiger partial charge in [0.1, 0.15) is 0 Å². The molecule has 0 aromatic heterocycles. The Labute approximate surface area is 55.3 Å². The van der Waals surface area contributed by atoms with E-state index in [2.05, 4.69) is 12.1 Å². The van der Waals surface area contributed by atoms with Gasteiger partial charge in [-0.2, -0.15) is 0 Å². The fourth-order valence-electron chi connectivity index (χ4n) is 0.612. The highest BCUT2D eigenvalue weighted by molar-refractivity contribution is 5.61. The molecule has 0 aliphatic heterocycles. The Bertz CT molecular complexity index is 83.1. The molecule has 0 rings (SSSR count). The lowest BCUT2D eigenvalue weighted by Crippen LogP contribution is -2.10. The number of nitrogens with zero attached hydrogens (tertiary/aromatic N) is 1. The van der Waals surface area contributed by atoms with Gasteiger partial charge in [-0.3, -0.25) is 0 Å². The number of methoxy groups -OCH3 is 1. The normalized spacial score (nSPS) is 14.4. The van der Waals surface area contributed by atoms with Crippen LogP contribution in [0.25, 0.3) is 0 Å². The van der Waals surface area contributed by atoms with Crippen LogP contribution in [0.5, 0.6) is 0 Å². The van der Waals surface area contributed by atoms with Crippen LogP contribution in [0.1, 0.15) is 19.8 Å². The predicted octanol–water partition coefficient (Wildman–Crippen LogP) is 1.26. The average Bonchev–Trinajstić information content (AvgIpc) is 1.88. The summed E-state index contributed by atoms with van der Waals surface area (Å²) in [7, 11) is 1.60. The maximum Gasteiger partial charge on any atom is 0.0955 e. The Hall–Kier alpha value is -0.570. The van der Waals surface area contributed by atoms with Gasteiger partial charge in [0, 0.05) is 7.11 Å². The van der Waals surface area contributed by atoms with Crippen LogP contribution in [0, 0.1) is 0 Å². The van der Waals surface area contributed by atoms with Crippen molar-refractivity contribution in [1.29, 1.82) is 0 Å². The van der Waals surface area contributed by atoms with E-state index < -0.39 is 0 Å². The zero-order chi connectivity index (χ0) is 7.11. The smallest absolute Gasteiger partial charge is 0.0955 e. The van der Waals surface area contributed by atoms with Gasteiger partial charge in [-0.1, -0.05) is 18.5 Å². The molecular formula is C6H13NO2. The van der Waals surface area contributed by atoms with Crippen molar-refractivity contribution in [1.82, 2.24) is 0 Å². The van der Waals surface area contributed by atoms with E-state index in [9.17, 15) is 0 Å². The Balaban J connectivity index is 3.41. The minimum atomic E-state index is -0.0278. The fraction of sp³-hybridized carbons (Fsp3) is 0.833. The molecule has 9 heavy (non-hydrogen) atoms. The van der Waals surface area contributed by atoms with Gasteiger partial charge in [-0.25, -0.2) is 0 Å². The van der Waals surface area contributed by atoms with Crippen molar-refractivity contribution in [3.05, 3.63) is 0 Å². The van der Waals surface area contributed by atoms with Gasteiger partial charge in [0.05, 0.1) is 12.3 Å². The van der Waals surface area contributed by atoms with Gasteiger partial charge in [0.2, 0.25) is 0 Å². The summed E-state index contributed by atoms with van der Waals surface area (Å²) in [6.45, 7) is 2.05. The van der Waals surface area contributed by atoms with Crippen LogP contribution < -0.4 is 0 Å². The predicted molar refractivity (Wildman–Crippen MR) is 36.0 cm³/mol. The first-order valence-electron chi connectivity index (χ1n) is 3.05. The molecule has 0 bridgehead atoms. The molecule has 0 aromatic rings. The molecular weight excluding hydrogens is 118 g/mol. The van der Waals surface area contributed by atoms with Crippen LogP contribution in [0.2, 0.25) is 0 Å². The van der Waals surface area contributed by atoms with Crippen molar-refractivity contribution in [3.8, 4) is 0 Å². The van der Waals surface area contributed by atoms with Gasteiger partial charge < -0.3 is 9.94 Å². The second kappa shape index (κ2) is 5.56. The average molecular weight is 131 g/mol. The van der Waals surface area contributed by atoms with Gasteiger partial charge in [-0.15, -0.1) is 0 Å². The Morgan fingerprint density at radius 2 is 2.44 bits per heavy atom. The standard InChI is InChI=1S/C6H13NO2/c1-3-4-6(9-2)5-7-8/h5-6,8H,3-4H2,1-2H3/b7-5+. The summed E-state index contributed by atoms with van der Waals surface area (Å²) in [5.74, 6) is 0. The van der Waals surface area contributed by atoms with E-state index in [1.54, 1.807) is 7.11 Å². The Morgan fingerprint density at radius 3 is 2.78 bits per heavy atom.